The summed E-state index contributed by atoms with van der Waals surface area (Å²) in [6, 6.07) is 6.62. The van der Waals surface area contributed by atoms with Gasteiger partial charge in [-0.1, -0.05) is 6.07 Å². The lowest BCUT2D eigenvalue weighted by Gasteiger charge is -1.95. The number of aromatic amines is 1. The number of hydrogen-bond acceptors (Lipinski definition) is 7. The Balaban J connectivity index is 1.78. The van der Waals surface area contributed by atoms with Gasteiger partial charge in [0.05, 0.1) is 10.9 Å². The summed E-state index contributed by atoms with van der Waals surface area (Å²) >= 11 is 6.66. The summed E-state index contributed by atoms with van der Waals surface area (Å²) in [4.78, 5) is 10.9. The van der Waals surface area contributed by atoms with E-state index in [0.717, 1.165) is 4.88 Å². The lowest BCUT2D eigenvalue weighted by molar-refractivity contribution is -0.402. The normalized spacial score (nSPS) is 11.7. The predicted octanol–water partition coefficient (Wildman–Crippen LogP) is 3.72. The number of H-pyrrole nitrogens is 1. The maximum atomic E-state index is 10.5. The molecule has 0 spiro atoms. The molecular formula is C13H9N5O3S2. The van der Waals surface area contributed by atoms with E-state index in [1.165, 1.54) is 34.4 Å². The minimum atomic E-state index is -0.594. The standard InChI is InChI=1S/C13H9N5O3S2/c19-18(20)11-6-5-9(21-11)3-1-7-14-17-12(15-16-13(17)22)10-4-2-8-23-10/h1-8H,(H,16,22). The largest absolute Gasteiger partial charge is 0.433 e. The second-order valence-corrected chi connectivity index (χ2v) is 5.53. The number of nitrogens with one attached hydrogen (secondary N) is 1. The van der Waals surface area contributed by atoms with E-state index in [0.29, 0.717) is 16.4 Å². The zero-order valence-corrected chi connectivity index (χ0v) is 13.1. The Morgan fingerprint density at radius 3 is 3.04 bits per heavy atom. The van der Waals surface area contributed by atoms with E-state index in [-0.39, 0.29) is 5.88 Å². The van der Waals surface area contributed by atoms with Gasteiger partial charge >= 0.3 is 5.88 Å². The molecule has 8 nitrogen and oxygen atoms in total. The first-order chi connectivity index (χ1) is 11.1. The number of hydrogen-bond donors (Lipinski definition) is 1. The molecule has 116 valence electrons. The molecule has 3 aromatic rings. The average Bonchev–Trinajstić information content (AvgIpc) is 3.25. The van der Waals surface area contributed by atoms with Crippen LogP contribution in [0.1, 0.15) is 5.76 Å². The molecule has 0 radical (unpaired) electrons. The summed E-state index contributed by atoms with van der Waals surface area (Å²) in [6.45, 7) is 0. The van der Waals surface area contributed by atoms with Crippen LogP contribution in [0.5, 0.6) is 0 Å². The van der Waals surface area contributed by atoms with Crippen LogP contribution in [0.3, 0.4) is 0 Å². The SMILES string of the molecule is O=[N+]([O-])c1ccc(C=CC=Nn2c(-c3cccs3)n[nH]c2=S)o1. The van der Waals surface area contributed by atoms with Crippen LogP contribution in [-0.4, -0.2) is 26.0 Å². The third-order valence-corrected chi connectivity index (χ3v) is 3.84. The molecule has 3 heterocycles. The molecular weight excluding hydrogens is 338 g/mol. The van der Waals surface area contributed by atoms with Crippen molar-refractivity contribution in [3.8, 4) is 10.7 Å². The lowest BCUT2D eigenvalue weighted by atomic mass is 10.4. The van der Waals surface area contributed by atoms with Crippen LogP contribution in [-0.2, 0) is 0 Å². The second-order valence-electron chi connectivity index (χ2n) is 4.20. The highest BCUT2D eigenvalue weighted by molar-refractivity contribution is 7.71. The molecule has 23 heavy (non-hydrogen) atoms. The minimum absolute atomic E-state index is 0.307. The maximum Gasteiger partial charge on any atom is 0.433 e. The molecule has 0 aliphatic heterocycles. The molecule has 0 atom stereocenters. The minimum Gasteiger partial charge on any atom is -0.401 e. The van der Waals surface area contributed by atoms with Crippen molar-refractivity contribution in [3.63, 3.8) is 0 Å². The topological polar surface area (TPSA) is 102 Å². The van der Waals surface area contributed by atoms with Crippen molar-refractivity contribution in [3.05, 3.63) is 56.4 Å². The third-order valence-electron chi connectivity index (χ3n) is 2.71. The van der Waals surface area contributed by atoms with Crippen molar-refractivity contribution < 1.29 is 9.34 Å². The number of rotatable bonds is 5. The highest BCUT2D eigenvalue weighted by Gasteiger charge is 2.10. The van der Waals surface area contributed by atoms with Gasteiger partial charge < -0.3 is 4.42 Å². The number of nitrogens with zero attached hydrogens (tertiary/aromatic N) is 4. The van der Waals surface area contributed by atoms with E-state index in [2.05, 4.69) is 15.3 Å². The summed E-state index contributed by atoms with van der Waals surface area (Å²) < 4.78 is 6.86. The van der Waals surface area contributed by atoms with E-state index >= 15 is 0 Å². The first-order valence-corrected chi connectivity index (χ1v) is 7.60. The van der Waals surface area contributed by atoms with Crippen LogP contribution in [0.25, 0.3) is 16.8 Å². The molecule has 3 aromatic heterocycles. The molecule has 0 amide bonds. The Morgan fingerprint density at radius 2 is 2.35 bits per heavy atom. The van der Waals surface area contributed by atoms with Gasteiger partial charge in [-0.3, -0.25) is 10.1 Å². The van der Waals surface area contributed by atoms with Gasteiger partial charge in [-0.15, -0.1) is 11.3 Å². The number of nitro groups is 1. The monoisotopic (exact) mass is 347 g/mol. The van der Waals surface area contributed by atoms with E-state index in [4.69, 9.17) is 16.6 Å². The average molecular weight is 347 g/mol. The van der Waals surface area contributed by atoms with Crippen molar-refractivity contribution in [2.75, 3.05) is 0 Å². The molecule has 0 aromatic carbocycles. The smallest absolute Gasteiger partial charge is 0.401 e. The molecule has 3 rings (SSSR count). The lowest BCUT2D eigenvalue weighted by Crippen LogP contribution is -1.91. The van der Waals surface area contributed by atoms with Crippen LogP contribution < -0.4 is 0 Å². The van der Waals surface area contributed by atoms with E-state index < -0.39 is 4.92 Å². The summed E-state index contributed by atoms with van der Waals surface area (Å²) in [6.07, 6.45) is 4.65. The number of furan rings is 1. The summed E-state index contributed by atoms with van der Waals surface area (Å²) in [5, 5.41) is 23.5. The van der Waals surface area contributed by atoms with Crippen LogP contribution in [0.4, 0.5) is 5.88 Å². The maximum absolute atomic E-state index is 10.5. The Hall–Kier alpha value is -2.85. The number of thiophene rings is 1. The quantitative estimate of drug-likeness (QED) is 0.328. The van der Waals surface area contributed by atoms with Gasteiger partial charge in [0.15, 0.2) is 5.82 Å². The van der Waals surface area contributed by atoms with Gasteiger partial charge in [0, 0.05) is 6.21 Å². The van der Waals surface area contributed by atoms with Gasteiger partial charge in [-0.25, -0.2) is 5.10 Å². The Morgan fingerprint density at radius 1 is 1.48 bits per heavy atom. The predicted molar refractivity (Wildman–Crippen MR) is 89.0 cm³/mol. The molecule has 1 N–H and O–H groups in total. The van der Waals surface area contributed by atoms with E-state index in [1.807, 2.05) is 17.5 Å². The van der Waals surface area contributed by atoms with E-state index in [9.17, 15) is 10.1 Å². The van der Waals surface area contributed by atoms with Crippen molar-refractivity contribution in [1.29, 1.82) is 0 Å². The Kier molecular flexibility index (Phi) is 4.26. The zero-order valence-electron chi connectivity index (χ0n) is 11.4. The molecule has 0 saturated heterocycles. The molecule has 0 unspecified atom stereocenters. The number of allylic oxidation sites excluding steroid dienone is 1. The molecule has 0 saturated carbocycles. The highest BCUT2D eigenvalue weighted by atomic mass is 32.1. The van der Waals surface area contributed by atoms with E-state index in [1.54, 1.807) is 12.2 Å². The molecule has 0 bridgehead atoms. The fraction of sp³-hybridized carbons (Fsp3) is 0. The molecule has 0 aliphatic carbocycles. The fourth-order valence-corrected chi connectivity index (χ4v) is 2.61. The summed E-state index contributed by atoms with van der Waals surface area (Å²) in [5.74, 6) is 0.666. The Labute approximate surface area is 138 Å². The van der Waals surface area contributed by atoms with Gasteiger partial charge in [0.25, 0.3) is 0 Å². The van der Waals surface area contributed by atoms with Gasteiger partial charge in [0.1, 0.15) is 10.7 Å². The van der Waals surface area contributed by atoms with Gasteiger partial charge in [-0.05, 0) is 41.9 Å². The van der Waals surface area contributed by atoms with Crippen molar-refractivity contribution in [1.82, 2.24) is 14.9 Å². The van der Waals surface area contributed by atoms with Crippen molar-refractivity contribution >= 4 is 41.7 Å². The van der Waals surface area contributed by atoms with Crippen molar-refractivity contribution in [2.45, 2.75) is 0 Å². The summed E-state index contributed by atoms with van der Waals surface area (Å²) in [5.41, 5.74) is 0. The number of aromatic nitrogens is 3. The highest BCUT2D eigenvalue weighted by Crippen LogP contribution is 2.22. The fourth-order valence-electron chi connectivity index (χ4n) is 1.74. The first kappa shape index (κ1) is 15.1. The first-order valence-electron chi connectivity index (χ1n) is 6.31. The summed E-state index contributed by atoms with van der Waals surface area (Å²) in [7, 11) is 0. The Bertz CT molecular complexity index is 933. The van der Waals surface area contributed by atoms with Gasteiger partial charge in [-0.2, -0.15) is 14.9 Å². The van der Waals surface area contributed by atoms with Gasteiger partial charge in [0.2, 0.25) is 4.77 Å². The molecule has 0 aliphatic rings. The zero-order chi connectivity index (χ0) is 16.2. The van der Waals surface area contributed by atoms with Crippen LogP contribution in [0, 0.1) is 14.9 Å². The van der Waals surface area contributed by atoms with Crippen LogP contribution in [0.2, 0.25) is 0 Å². The van der Waals surface area contributed by atoms with Crippen molar-refractivity contribution in [2.24, 2.45) is 5.10 Å². The molecule has 10 heteroatoms. The second kappa shape index (κ2) is 6.50. The van der Waals surface area contributed by atoms with Crippen LogP contribution >= 0.6 is 23.6 Å². The molecule has 0 fully saturated rings. The van der Waals surface area contributed by atoms with Crippen LogP contribution in [0.15, 0.2) is 45.2 Å². The third kappa shape index (κ3) is 3.33.